The molecule has 4 rings (SSSR count). The average Bonchev–Trinajstić information content (AvgIpc) is 2.87. The van der Waals surface area contributed by atoms with Crippen LogP contribution >= 0.6 is 0 Å². The van der Waals surface area contributed by atoms with Gasteiger partial charge in [0.05, 0.1) is 19.3 Å². The first-order valence-corrected chi connectivity index (χ1v) is 12.5. The van der Waals surface area contributed by atoms with E-state index in [0.717, 1.165) is 49.7 Å². The highest BCUT2D eigenvalue weighted by atomic mass is 19.2. The largest absolute Gasteiger partial charge is 0.491 e. The van der Waals surface area contributed by atoms with Crippen LogP contribution in [-0.2, 0) is 11.3 Å². The predicted molar refractivity (Wildman–Crippen MR) is 133 cm³/mol. The van der Waals surface area contributed by atoms with E-state index in [1.54, 1.807) is 18.2 Å². The maximum atomic E-state index is 15.0. The topological polar surface area (TPSA) is 18.5 Å². The number of hydrogen-bond donors (Lipinski definition) is 0. The summed E-state index contributed by atoms with van der Waals surface area (Å²) < 4.78 is 55.6. The van der Waals surface area contributed by atoms with Crippen molar-refractivity contribution in [3.05, 3.63) is 88.7 Å². The normalized spacial score (nSPS) is 18.0. The fourth-order valence-corrected chi connectivity index (χ4v) is 4.67. The van der Waals surface area contributed by atoms with E-state index in [-0.39, 0.29) is 29.2 Å². The Balaban J connectivity index is 1.31. The van der Waals surface area contributed by atoms with Crippen molar-refractivity contribution >= 4 is 0 Å². The van der Waals surface area contributed by atoms with Crippen LogP contribution in [-0.4, -0.2) is 12.7 Å². The summed E-state index contributed by atoms with van der Waals surface area (Å²) in [5.41, 5.74) is 3.23. The number of aryl methyl sites for hydroxylation is 1. The number of unbranched alkanes of at least 4 members (excludes halogenated alkanes) is 1. The summed E-state index contributed by atoms with van der Waals surface area (Å²) in [6, 6.07) is 15.8. The summed E-state index contributed by atoms with van der Waals surface area (Å²) in [4.78, 5) is 0. The first-order valence-electron chi connectivity index (χ1n) is 12.5. The quantitative estimate of drug-likeness (QED) is 0.285. The number of halogens is 3. The SMILES string of the molecule is CCCCOc1ccc(COC2CCC(c3ccc(-c4ccc(C)cc4)c(F)c3F)CC2)cc1F. The van der Waals surface area contributed by atoms with Crippen molar-refractivity contribution in [2.75, 3.05) is 6.61 Å². The predicted octanol–water partition coefficient (Wildman–Crippen LogP) is 8.50. The smallest absolute Gasteiger partial charge is 0.166 e. The third-order valence-corrected chi connectivity index (χ3v) is 6.83. The lowest BCUT2D eigenvalue weighted by Crippen LogP contribution is -2.21. The van der Waals surface area contributed by atoms with Gasteiger partial charge in [-0.05, 0) is 73.8 Å². The zero-order chi connectivity index (χ0) is 24.8. The van der Waals surface area contributed by atoms with Gasteiger partial charge in [0.25, 0.3) is 0 Å². The molecule has 1 aliphatic carbocycles. The number of hydrogen-bond acceptors (Lipinski definition) is 2. The molecule has 0 atom stereocenters. The minimum atomic E-state index is -0.783. The third-order valence-electron chi connectivity index (χ3n) is 6.83. The lowest BCUT2D eigenvalue weighted by Gasteiger charge is -2.29. The van der Waals surface area contributed by atoms with Gasteiger partial charge < -0.3 is 9.47 Å². The highest BCUT2D eigenvalue weighted by Gasteiger charge is 2.27. The molecule has 0 aromatic heterocycles. The number of benzene rings is 3. The van der Waals surface area contributed by atoms with Crippen LogP contribution < -0.4 is 4.74 Å². The average molecular weight is 483 g/mol. The van der Waals surface area contributed by atoms with Gasteiger partial charge >= 0.3 is 0 Å². The molecule has 3 aromatic rings. The first-order chi connectivity index (χ1) is 17.0. The Morgan fingerprint density at radius 1 is 0.857 bits per heavy atom. The van der Waals surface area contributed by atoms with E-state index in [4.69, 9.17) is 9.47 Å². The molecule has 0 amide bonds. The van der Waals surface area contributed by atoms with Crippen molar-refractivity contribution in [2.45, 2.75) is 71.0 Å². The molecule has 1 saturated carbocycles. The van der Waals surface area contributed by atoms with Crippen LogP contribution in [0, 0.1) is 24.4 Å². The van der Waals surface area contributed by atoms with Gasteiger partial charge in [-0.3, -0.25) is 0 Å². The number of ether oxygens (including phenoxy) is 2. The van der Waals surface area contributed by atoms with Crippen LogP contribution in [0.25, 0.3) is 11.1 Å². The van der Waals surface area contributed by atoms with Crippen LogP contribution in [0.4, 0.5) is 13.2 Å². The summed E-state index contributed by atoms with van der Waals surface area (Å²) >= 11 is 0. The second kappa shape index (κ2) is 11.8. The zero-order valence-corrected chi connectivity index (χ0v) is 20.5. The van der Waals surface area contributed by atoms with E-state index in [2.05, 4.69) is 6.92 Å². The molecule has 0 unspecified atom stereocenters. The Kier molecular flexibility index (Phi) is 8.50. The Hall–Kier alpha value is -2.79. The summed E-state index contributed by atoms with van der Waals surface area (Å²) in [6.45, 7) is 4.84. The maximum Gasteiger partial charge on any atom is 0.166 e. The summed E-state index contributed by atoms with van der Waals surface area (Å²) in [7, 11) is 0. The van der Waals surface area contributed by atoms with E-state index in [1.807, 2.05) is 37.3 Å². The zero-order valence-electron chi connectivity index (χ0n) is 20.5. The van der Waals surface area contributed by atoms with Crippen LogP contribution in [0.1, 0.15) is 68.1 Å². The van der Waals surface area contributed by atoms with Gasteiger partial charge in [0.1, 0.15) is 0 Å². The Morgan fingerprint density at radius 3 is 2.29 bits per heavy atom. The molecule has 0 N–H and O–H groups in total. The Morgan fingerprint density at radius 2 is 1.60 bits per heavy atom. The number of rotatable bonds is 9. The van der Waals surface area contributed by atoms with E-state index < -0.39 is 11.6 Å². The van der Waals surface area contributed by atoms with Gasteiger partial charge in [0, 0.05) is 5.56 Å². The summed E-state index contributed by atoms with van der Waals surface area (Å²) in [6.07, 6.45) is 4.87. The third kappa shape index (κ3) is 6.26. The Labute approximate surface area is 206 Å². The van der Waals surface area contributed by atoms with Crippen molar-refractivity contribution in [1.82, 2.24) is 0 Å². The minimum Gasteiger partial charge on any atom is -0.491 e. The fourth-order valence-electron chi connectivity index (χ4n) is 4.67. The van der Waals surface area contributed by atoms with Gasteiger partial charge in [-0.2, -0.15) is 0 Å². The molecule has 3 aromatic carbocycles. The van der Waals surface area contributed by atoms with Gasteiger partial charge in [-0.15, -0.1) is 0 Å². The second-order valence-electron chi connectivity index (χ2n) is 9.45. The molecule has 0 radical (unpaired) electrons. The molecular weight excluding hydrogens is 449 g/mol. The highest BCUT2D eigenvalue weighted by Crippen LogP contribution is 2.38. The van der Waals surface area contributed by atoms with Crippen LogP contribution in [0.2, 0.25) is 0 Å². The molecule has 5 heteroatoms. The molecule has 0 spiro atoms. The Bertz CT molecular complexity index is 1120. The summed E-state index contributed by atoms with van der Waals surface area (Å²) in [5, 5.41) is 0. The molecule has 1 fully saturated rings. The van der Waals surface area contributed by atoms with Crippen molar-refractivity contribution < 1.29 is 22.6 Å². The minimum absolute atomic E-state index is 0.0227. The van der Waals surface area contributed by atoms with E-state index in [1.165, 1.54) is 6.07 Å². The second-order valence-corrected chi connectivity index (χ2v) is 9.45. The lowest BCUT2D eigenvalue weighted by atomic mass is 9.82. The van der Waals surface area contributed by atoms with Crippen molar-refractivity contribution in [2.24, 2.45) is 0 Å². The van der Waals surface area contributed by atoms with Crippen LogP contribution in [0.3, 0.4) is 0 Å². The fraction of sp³-hybridized carbons (Fsp3) is 0.400. The molecule has 186 valence electrons. The van der Waals surface area contributed by atoms with Gasteiger partial charge in [0.2, 0.25) is 0 Å². The van der Waals surface area contributed by atoms with E-state index in [0.29, 0.717) is 24.3 Å². The molecule has 0 heterocycles. The van der Waals surface area contributed by atoms with Crippen molar-refractivity contribution in [1.29, 1.82) is 0 Å². The standard InChI is InChI=1S/C30H33F3O2/c1-3-4-17-34-28-16-7-21(18-27(28)31)19-35-24-12-10-23(11-13-24)26-15-14-25(29(32)30(26)33)22-8-5-20(2)6-9-22/h5-9,14-16,18,23-24H,3-4,10-13,17,19H2,1-2H3. The van der Waals surface area contributed by atoms with Gasteiger partial charge in [-0.1, -0.05) is 61.4 Å². The van der Waals surface area contributed by atoms with Gasteiger partial charge in [-0.25, -0.2) is 13.2 Å². The molecule has 2 nitrogen and oxygen atoms in total. The molecule has 1 aliphatic rings. The maximum absolute atomic E-state index is 15.0. The first kappa shape index (κ1) is 25.3. The molecule has 0 aliphatic heterocycles. The molecule has 0 bridgehead atoms. The van der Waals surface area contributed by atoms with E-state index in [9.17, 15) is 13.2 Å². The highest BCUT2D eigenvalue weighted by molar-refractivity contribution is 5.65. The lowest BCUT2D eigenvalue weighted by molar-refractivity contribution is 0.0130. The van der Waals surface area contributed by atoms with E-state index >= 15 is 0 Å². The van der Waals surface area contributed by atoms with Crippen LogP contribution in [0.5, 0.6) is 5.75 Å². The van der Waals surface area contributed by atoms with Crippen LogP contribution in [0.15, 0.2) is 54.6 Å². The van der Waals surface area contributed by atoms with Crippen molar-refractivity contribution in [3.63, 3.8) is 0 Å². The van der Waals surface area contributed by atoms with Gasteiger partial charge in [0.15, 0.2) is 23.2 Å². The monoisotopic (exact) mass is 482 g/mol. The molecular formula is C30H33F3O2. The summed E-state index contributed by atoms with van der Waals surface area (Å²) in [5.74, 6) is -1.67. The van der Waals surface area contributed by atoms with Crippen molar-refractivity contribution in [3.8, 4) is 16.9 Å². The molecule has 35 heavy (non-hydrogen) atoms. The molecule has 0 saturated heterocycles.